The van der Waals surface area contributed by atoms with Crippen LogP contribution in [-0.4, -0.2) is 28.9 Å². The maximum Gasteiger partial charge on any atom is 0.253 e. The molecule has 0 radical (unpaired) electrons. The molecule has 5 rings (SSSR count). The van der Waals surface area contributed by atoms with Crippen molar-refractivity contribution in [1.29, 1.82) is 0 Å². The van der Waals surface area contributed by atoms with Crippen molar-refractivity contribution in [3.8, 4) is 0 Å². The minimum atomic E-state index is 0.143. The molecule has 2 heterocycles. The zero-order valence-corrected chi connectivity index (χ0v) is 17.6. The number of fused-ring (bicyclic) bond motifs is 1. The minimum Gasteiger partial charge on any atom is -0.339 e. The molecule has 150 valence electrons. The zero-order chi connectivity index (χ0) is 20.3. The molecule has 30 heavy (non-hydrogen) atoms. The molecule has 1 amide bonds. The van der Waals surface area contributed by atoms with E-state index >= 15 is 0 Å². The van der Waals surface area contributed by atoms with E-state index in [1.807, 2.05) is 29.2 Å². The number of nitrogens with zero attached hydrogens (tertiary/aromatic N) is 2. The standard InChI is InChI=1S/C26H24N2OS/c29-26(22-12-10-20(11-13-22)18-19-6-2-1-3-7-19)28-16-14-21(15-17-28)25-27-23-8-4-5-9-24(23)30-25/h1-13,21H,14-18H2. The highest BCUT2D eigenvalue weighted by atomic mass is 32.1. The predicted octanol–water partition coefficient (Wildman–Crippen LogP) is 5.91. The second-order valence-corrected chi connectivity index (χ2v) is 9.01. The lowest BCUT2D eigenvalue weighted by Gasteiger charge is -2.31. The molecule has 0 bridgehead atoms. The summed E-state index contributed by atoms with van der Waals surface area (Å²) in [5, 5.41) is 1.22. The smallest absolute Gasteiger partial charge is 0.253 e. The fraction of sp³-hybridized carbons (Fsp3) is 0.231. The molecule has 0 N–H and O–H groups in total. The van der Waals surface area contributed by atoms with E-state index in [4.69, 9.17) is 4.98 Å². The summed E-state index contributed by atoms with van der Waals surface area (Å²) >= 11 is 1.80. The number of hydrogen-bond donors (Lipinski definition) is 0. The molecular weight excluding hydrogens is 388 g/mol. The third-order valence-corrected chi connectivity index (χ3v) is 7.09. The van der Waals surface area contributed by atoms with Crippen molar-refractivity contribution in [2.75, 3.05) is 13.1 Å². The summed E-state index contributed by atoms with van der Waals surface area (Å²) in [4.78, 5) is 19.8. The van der Waals surface area contributed by atoms with E-state index in [2.05, 4.69) is 54.6 Å². The summed E-state index contributed by atoms with van der Waals surface area (Å²) in [6.07, 6.45) is 2.86. The second kappa shape index (κ2) is 8.41. The number of carbonyl (C=O) groups is 1. The van der Waals surface area contributed by atoms with Crippen molar-refractivity contribution in [2.45, 2.75) is 25.2 Å². The van der Waals surface area contributed by atoms with Crippen LogP contribution in [-0.2, 0) is 6.42 Å². The molecule has 1 saturated heterocycles. The number of piperidine rings is 1. The van der Waals surface area contributed by atoms with Gasteiger partial charge in [-0.2, -0.15) is 0 Å². The van der Waals surface area contributed by atoms with E-state index in [1.54, 1.807) is 11.3 Å². The van der Waals surface area contributed by atoms with E-state index in [9.17, 15) is 4.79 Å². The molecule has 1 aliphatic rings. The highest BCUT2D eigenvalue weighted by molar-refractivity contribution is 7.18. The van der Waals surface area contributed by atoms with Crippen molar-refractivity contribution >= 4 is 27.5 Å². The highest BCUT2D eigenvalue weighted by Gasteiger charge is 2.26. The maximum atomic E-state index is 13.0. The first kappa shape index (κ1) is 19.0. The van der Waals surface area contributed by atoms with Crippen LogP contribution in [0.3, 0.4) is 0 Å². The Morgan fingerprint density at radius 3 is 2.27 bits per heavy atom. The number of likely N-dealkylation sites (tertiary alicyclic amines) is 1. The molecule has 3 nitrogen and oxygen atoms in total. The second-order valence-electron chi connectivity index (χ2n) is 7.95. The summed E-state index contributed by atoms with van der Waals surface area (Å²) in [5.41, 5.74) is 4.39. The number of amides is 1. The largest absolute Gasteiger partial charge is 0.339 e. The van der Waals surface area contributed by atoms with Crippen LogP contribution < -0.4 is 0 Å². The lowest BCUT2D eigenvalue weighted by molar-refractivity contribution is 0.0713. The molecule has 0 aliphatic carbocycles. The molecule has 1 aliphatic heterocycles. The first-order valence-corrected chi connectivity index (χ1v) is 11.4. The monoisotopic (exact) mass is 412 g/mol. The van der Waals surface area contributed by atoms with Gasteiger partial charge in [0.05, 0.1) is 15.2 Å². The normalized spacial score (nSPS) is 14.9. The Morgan fingerprint density at radius 1 is 0.867 bits per heavy atom. The fourth-order valence-corrected chi connectivity index (χ4v) is 5.31. The van der Waals surface area contributed by atoms with E-state index in [0.29, 0.717) is 5.92 Å². The van der Waals surface area contributed by atoms with Gasteiger partial charge >= 0.3 is 0 Å². The molecule has 0 saturated carbocycles. The minimum absolute atomic E-state index is 0.143. The number of para-hydroxylation sites is 1. The van der Waals surface area contributed by atoms with Crippen molar-refractivity contribution < 1.29 is 4.79 Å². The molecule has 1 fully saturated rings. The summed E-state index contributed by atoms with van der Waals surface area (Å²) < 4.78 is 1.25. The zero-order valence-electron chi connectivity index (χ0n) is 16.8. The third kappa shape index (κ3) is 4.01. The van der Waals surface area contributed by atoms with E-state index in [1.165, 1.54) is 20.8 Å². The van der Waals surface area contributed by atoms with Gasteiger partial charge < -0.3 is 4.90 Å². The van der Waals surface area contributed by atoms with Crippen molar-refractivity contribution in [3.63, 3.8) is 0 Å². The number of carbonyl (C=O) groups excluding carboxylic acids is 1. The summed E-state index contributed by atoms with van der Waals surface area (Å²) in [5.74, 6) is 0.601. The number of rotatable bonds is 4. The van der Waals surface area contributed by atoms with Crippen molar-refractivity contribution in [1.82, 2.24) is 9.88 Å². The van der Waals surface area contributed by atoms with Crippen LogP contribution in [0.4, 0.5) is 0 Å². The topological polar surface area (TPSA) is 33.2 Å². The lowest BCUT2D eigenvalue weighted by Crippen LogP contribution is -2.37. The van der Waals surface area contributed by atoms with E-state index in [-0.39, 0.29) is 5.91 Å². The quantitative estimate of drug-likeness (QED) is 0.418. The van der Waals surface area contributed by atoms with Crippen LogP contribution in [0, 0.1) is 0 Å². The van der Waals surface area contributed by atoms with Gasteiger partial charge in [0.25, 0.3) is 5.91 Å². The van der Waals surface area contributed by atoms with Crippen LogP contribution in [0.15, 0.2) is 78.9 Å². The van der Waals surface area contributed by atoms with Gasteiger partial charge in [0, 0.05) is 24.6 Å². The summed E-state index contributed by atoms with van der Waals surface area (Å²) in [7, 11) is 0. The molecular formula is C26H24N2OS. The first-order chi connectivity index (χ1) is 14.8. The van der Waals surface area contributed by atoms with Gasteiger partial charge in [-0.15, -0.1) is 11.3 Å². The Kier molecular flexibility index (Phi) is 5.33. The van der Waals surface area contributed by atoms with Gasteiger partial charge in [0.15, 0.2) is 0 Å². The Balaban J connectivity index is 1.21. The molecule has 4 aromatic rings. The molecule has 1 aromatic heterocycles. The SMILES string of the molecule is O=C(c1ccc(Cc2ccccc2)cc1)N1CCC(c2nc3ccccc3s2)CC1. The lowest BCUT2D eigenvalue weighted by atomic mass is 9.96. The van der Waals surface area contributed by atoms with Crippen LogP contribution in [0.25, 0.3) is 10.2 Å². The number of benzene rings is 3. The summed E-state index contributed by atoms with van der Waals surface area (Å²) in [6.45, 7) is 1.59. The van der Waals surface area contributed by atoms with Crippen molar-refractivity contribution in [3.05, 3.63) is 101 Å². The van der Waals surface area contributed by atoms with E-state index in [0.717, 1.165) is 43.4 Å². The van der Waals surface area contributed by atoms with Gasteiger partial charge in [0.1, 0.15) is 0 Å². The van der Waals surface area contributed by atoms with E-state index < -0.39 is 0 Å². The molecule has 3 aromatic carbocycles. The van der Waals surface area contributed by atoms with Crippen LogP contribution >= 0.6 is 11.3 Å². The van der Waals surface area contributed by atoms with Crippen molar-refractivity contribution in [2.24, 2.45) is 0 Å². The van der Waals surface area contributed by atoms with Gasteiger partial charge in [-0.3, -0.25) is 4.79 Å². The average molecular weight is 413 g/mol. The Bertz CT molecular complexity index is 1110. The average Bonchev–Trinajstić information content (AvgIpc) is 3.24. The fourth-order valence-electron chi connectivity index (χ4n) is 4.17. The van der Waals surface area contributed by atoms with Crippen LogP contribution in [0.1, 0.15) is 45.3 Å². The number of hydrogen-bond acceptors (Lipinski definition) is 3. The molecule has 0 atom stereocenters. The Labute approximate surface area is 181 Å². The third-order valence-electron chi connectivity index (χ3n) is 5.89. The molecule has 0 spiro atoms. The van der Waals surface area contributed by atoms with Crippen LogP contribution in [0.2, 0.25) is 0 Å². The Hall–Kier alpha value is -2.98. The maximum absolute atomic E-state index is 13.0. The van der Waals surface area contributed by atoms with Gasteiger partial charge in [0.2, 0.25) is 0 Å². The highest BCUT2D eigenvalue weighted by Crippen LogP contribution is 2.34. The number of thiazole rings is 1. The van der Waals surface area contributed by atoms with Crippen LogP contribution in [0.5, 0.6) is 0 Å². The van der Waals surface area contributed by atoms with Gasteiger partial charge in [-0.05, 0) is 54.7 Å². The first-order valence-electron chi connectivity index (χ1n) is 10.5. The molecule has 4 heteroatoms. The Morgan fingerprint density at radius 2 is 1.53 bits per heavy atom. The molecule has 0 unspecified atom stereocenters. The van der Waals surface area contributed by atoms with Gasteiger partial charge in [-0.25, -0.2) is 4.98 Å². The summed E-state index contributed by atoms with van der Waals surface area (Å²) in [6, 6.07) is 26.8. The van der Waals surface area contributed by atoms with Gasteiger partial charge in [-0.1, -0.05) is 54.6 Å². The number of aromatic nitrogens is 1. The predicted molar refractivity (Wildman–Crippen MR) is 123 cm³/mol.